The van der Waals surface area contributed by atoms with Gasteiger partial charge in [0.1, 0.15) is 0 Å². The van der Waals surface area contributed by atoms with Crippen LogP contribution in [0.1, 0.15) is 20.3 Å². The Kier molecular flexibility index (Phi) is 4.14. The molecule has 1 N–H and O–H groups in total. The third kappa shape index (κ3) is 3.14. The lowest BCUT2D eigenvalue weighted by atomic mass is 10.1. The van der Waals surface area contributed by atoms with Crippen molar-refractivity contribution in [3.63, 3.8) is 0 Å². The van der Waals surface area contributed by atoms with Crippen molar-refractivity contribution in [1.82, 2.24) is 10.2 Å². The minimum absolute atomic E-state index is 0.689. The Hall–Kier alpha value is -0.220. The first-order valence-electron chi connectivity index (χ1n) is 6.28. The van der Waals surface area contributed by atoms with E-state index in [-0.39, 0.29) is 0 Å². The molecule has 2 atom stereocenters. The molecular weight excluding hydrogens is 218 g/mol. The van der Waals surface area contributed by atoms with Gasteiger partial charge in [-0.25, -0.2) is 0 Å². The van der Waals surface area contributed by atoms with Gasteiger partial charge in [0.25, 0.3) is 0 Å². The van der Waals surface area contributed by atoms with E-state index in [9.17, 15) is 0 Å². The van der Waals surface area contributed by atoms with Crippen molar-refractivity contribution in [3.05, 3.63) is 0 Å². The lowest BCUT2D eigenvalue weighted by molar-refractivity contribution is 0.394. The van der Waals surface area contributed by atoms with E-state index in [0.29, 0.717) is 5.25 Å². The normalized spacial score (nSPS) is 31.1. The van der Waals surface area contributed by atoms with Crippen LogP contribution in [0.4, 0.5) is 0 Å². The van der Waals surface area contributed by atoms with Crippen LogP contribution in [0.5, 0.6) is 0 Å². The Morgan fingerprint density at radius 2 is 2.38 bits per heavy atom. The lowest BCUT2D eigenvalue weighted by Gasteiger charge is -2.14. The number of nitrogens with zero attached hydrogens (tertiary/aromatic N) is 2. The van der Waals surface area contributed by atoms with Crippen molar-refractivity contribution < 1.29 is 0 Å². The largest absolute Gasteiger partial charge is 0.365 e. The van der Waals surface area contributed by atoms with Crippen LogP contribution < -0.4 is 5.32 Å². The van der Waals surface area contributed by atoms with Gasteiger partial charge in [-0.2, -0.15) is 0 Å². The van der Waals surface area contributed by atoms with Gasteiger partial charge in [-0.15, -0.1) is 0 Å². The molecular formula is C12H23N3S. The van der Waals surface area contributed by atoms with Gasteiger partial charge in [0.05, 0.1) is 6.54 Å². The highest BCUT2D eigenvalue weighted by atomic mass is 32.2. The molecule has 16 heavy (non-hydrogen) atoms. The van der Waals surface area contributed by atoms with E-state index in [1.165, 1.54) is 24.7 Å². The summed E-state index contributed by atoms with van der Waals surface area (Å²) in [7, 11) is 2.20. The molecule has 1 fully saturated rings. The van der Waals surface area contributed by atoms with Crippen molar-refractivity contribution in [1.29, 1.82) is 0 Å². The summed E-state index contributed by atoms with van der Waals surface area (Å²) < 4.78 is 0. The van der Waals surface area contributed by atoms with E-state index in [2.05, 4.69) is 36.1 Å². The highest BCUT2D eigenvalue weighted by Gasteiger charge is 2.24. The predicted octanol–water partition coefficient (Wildman–Crippen LogP) is 1.66. The molecule has 0 radical (unpaired) electrons. The van der Waals surface area contributed by atoms with Crippen LogP contribution in [0.25, 0.3) is 0 Å². The standard InChI is InChI=1S/C12H23N3S/c1-9(2)11-7-14-12(16-11)13-6-10-4-5-15(3)8-10/h9-11H,4-8H2,1-3H3,(H,13,14). The molecule has 3 nitrogen and oxygen atoms in total. The van der Waals surface area contributed by atoms with E-state index in [1.54, 1.807) is 0 Å². The van der Waals surface area contributed by atoms with Crippen molar-refractivity contribution in [2.24, 2.45) is 16.8 Å². The van der Waals surface area contributed by atoms with Gasteiger partial charge in [0, 0.05) is 18.3 Å². The van der Waals surface area contributed by atoms with Gasteiger partial charge < -0.3 is 10.2 Å². The number of rotatable bonds is 3. The molecule has 0 aromatic rings. The molecule has 0 bridgehead atoms. The van der Waals surface area contributed by atoms with Crippen LogP contribution in [0, 0.1) is 11.8 Å². The number of hydrogen-bond acceptors (Lipinski definition) is 4. The summed E-state index contributed by atoms with van der Waals surface area (Å²) in [6.45, 7) is 9.14. The zero-order chi connectivity index (χ0) is 11.5. The quantitative estimate of drug-likeness (QED) is 0.814. The van der Waals surface area contributed by atoms with Crippen molar-refractivity contribution >= 4 is 16.9 Å². The number of likely N-dealkylation sites (tertiary alicyclic amines) is 1. The summed E-state index contributed by atoms with van der Waals surface area (Å²) in [5.74, 6) is 1.54. The van der Waals surface area contributed by atoms with Gasteiger partial charge in [-0.1, -0.05) is 25.6 Å². The fourth-order valence-electron chi connectivity index (χ4n) is 2.26. The molecule has 2 aliphatic heterocycles. The molecule has 92 valence electrons. The van der Waals surface area contributed by atoms with Crippen molar-refractivity contribution in [3.8, 4) is 0 Å². The smallest absolute Gasteiger partial charge is 0.156 e. The number of thioether (sulfide) groups is 1. The Morgan fingerprint density at radius 1 is 1.56 bits per heavy atom. The molecule has 2 aliphatic rings. The zero-order valence-electron chi connectivity index (χ0n) is 10.6. The summed E-state index contributed by atoms with van der Waals surface area (Å²) in [6.07, 6.45) is 1.33. The molecule has 0 aromatic heterocycles. The topological polar surface area (TPSA) is 27.6 Å². The van der Waals surface area contributed by atoms with Gasteiger partial charge in [0.15, 0.2) is 5.17 Å². The SMILES string of the molecule is CC(C)C1CN=C(NCC2CCN(C)C2)S1. The van der Waals surface area contributed by atoms with Gasteiger partial charge >= 0.3 is 0 Å². The average Bonchev–Trinajstić information content (AvgIpc) is 2.83. The van der Waals surface area contributed by atoms with Gasteiger partial charge in [-0.3, -0.25) is 4.99 Å². The van der Waals surface area contributed by atoms with E-state index in [1.807, 2.05) is 11.8 Å². The molecule has 0 spiro atoms. The molecule has 0 aromatic carbocycles. The van der Waals surface area contributed by atoms with Crippen LogP contribution in [-0.2, 0) is 0 Å². The van der Waals surface area contributed by atoms with Crippen LogP contribution >= 0.6 is 11.8 Å². The highest BCUT2D eigenvalue weighted by Crippen LogP contribution is 2.26. The van der Waals surface area contributed by atoms with E-state index in [4.69, 9.17) is 0 Å². The Labute approximate surface area is 103 Å². The lowest BCUT2D eigenvalue weighted by Crippen LogP contribution is -2.28. The van der Waals surface area contributed by atoms with Crippen LogP contribution in [0.2, 0.25) is 0 Å². The number of amidine groups is 1. The molecule has 4 heteroatoms. The first-order chi connectivity index (χ1) is 7.65. The fourth-order valence-corrected chi connectivity index (χ4v) is 3.28. The zero-order valence-corrected chi connectivity index (χ0v) is 11.4. The summed E-state index contributed by atoms with van der Waals surface area (Å²) in [4.78, 5) is 6.98. The first-order valence-corrected chi connectivity index (χ1v) is 7.16. The van der Waals surface area contributed by atoms with E-state index >= 15 is 0 Å². The van der Waals surface area contributed by atoms with Crippen molar-refractivity contribution in [2.45, 2.75) is 25.5 Å². The van der Waals surface area contributed by atoms with Crippen LogP contribution in [0.15, 0.2) is 4.99 Å². The number of nitrogens with one attached hydrogen (secondary N) is 1. The molecule has 2 rings (SSSR count). The van der Waals surface area contributed by atoms with Crippen LogP contribution in [0.3, 0.4) is 0 Å². The molecule has 1 saturated heterocycles. The molecule has 0 amide bonds. The molecule has 0 saturated carbocycles. The maximum atomic E-state index is 4.57. The number of hydrogen-bond donors (Lipinski definition) is 1. The van der Waals surface area contributed by atoms with E-state index in [0.717, 1.165) is 24.9 Å². The number of aliphatic imine (C=N–C) groups is 1. The minimum atomic E-state index is 0.689. The Balaban J connectivity index is 1.68. The third-order valence-corrected chi connectivity index (χ3v) is 4.95. The maximum Gasteiger partial charge on any atom is 0.156 e. The van der Waals surface area contributed by atoms with Crippen LogP contribution in [-0.4, -0.2) is 48.5 Å². The second-order valence-corrected chi connectivity index (χ2v) is 6.57. The maximum absolute atomic E-state index is 4.57. The summed E-state index contributed by atoms with van der Waals surface area (Å²) in [6, 6.07) is 0. The van der Waals surface area contributed by atoms with E-state index < -0.39 is 0 Å². The summed E-state index contributed by atoms with van der Waals surface area (Å²) >= 11 is 1.93. The van der Waals surface area contributed by atoms with Gasteiger partial charge in [-0.05, 0) is 31.8 Å². The second-order valence-electron chi connectivity index (χ2n) is 5.34. The Morgan fingerprint density at radius 3 is 2.94 bits per heavy atom. The highest BCUT2D eigenvalue weighted by molar-refractivity contribution is 8.14. The van der Waals surface area contributed by atoms with Crippen molar-refractivity contribution in [2.75, 3.05) is 33.2 Å². The average molecular weight is 241 g/mol. The molecule has 2 unspecified atom stereocenters. The predicted molar refractivity (Wildman–Crippen MR) is 72.1 cm³/mol. The van der Waals surface area contributed by atoms with Gasteiger partial charge in [0.2, 0.25) is 0 Å². The Bertz CT molecular complexity index is 265. The summed E-state index contributed by atoms with van der Waals surface area (Å²) in [5.41, 5.74) is 0. The second kappa shape index (κ2) is 5.41. The minimum Gasteiger partial charge on any atom is -0.365 e. The first kappa shape index (κ1) is 12.2. The molecule has 2 heterocycles. The monoisotopic (exact) mass is 241 g/mol. The fraction of sp³-hybridized carbons (Fsp3) is 0.917. The summed E-state index contributed by atoms with van der Waals surface area (Å²) in [5, 5.41) is 5.38. The third-order valence-electron chi connectivity index (χ3n) is 3.45. The molecule has 0 aliphatic carbocycles.